The second-order valence-corrected chi connectivity index (χ2v) is 7.07. The van der Waals surface area contributed by atoms with Crippen molar-refractivity contribution in [2.45, 2.75) is 44.7 Å². The van der Waals surface area contributed by atoms with Gasteiger partial charge >= 0.3 is 0 Å². The average molecular weight is 336 g/mol. The fourth-order valence-electron chi connectivity index (χ4n) is 3.71. The van der Waals surface area contributed by atoms with E-state index in [9.17, 15) is 4.79 Å². The highest BCUT2D eigenvalue weighted by Crippen LogP contribution is 2.24. The molecule has 2 aromatic carbocycles. The molecule has 132 valence electrons. The van der Waals surface area contributed by atoms with Gasteiger partial charge in [-0.25, -0.2) is 0 Å². The standard InChI is InChI=1S/C22H28N2O/c1-17-10-8-9-15-20(17)23-16-21(25)24-22(18-11-4-2-5-12-18)19-13-6-3-7-14-19/h2-7,11-14,17,20,22-23H,8-10,15-16H2,1H3,(H,24,25)/t17-,20+/m0/s1. The van der Waals surface area contributed by atoms with Crippen LogP contribution in [0.2, 0.25) is 0 Å². The summed E-state index contributed by atoms with van der Waals surface area (Å²) in [5.74, 6) is 0.705. The van der Waals surface area contributed by atoms with E-state index in [1.165, 1.54) is 25.7 Å². The molecule has 1 amide bonds. The van der Waals surface area contributed by atoms with E-state index in [4.69, 9.17) is 0 Å². The zero-order valence-corrected chi connectivity index (χ0v) is 14.9. The Balaban J connectivity index is 1.65. The molecule has 0 heterocycles. The first-order valence-corrected chi connectivity index (χ1v) is 9.36. The van der Waals surface area contributed by atoms with Crippen LogP contribution < -0.4 is 10.6 Å². The van der Waals surface area contributed by atoms with Gasteiger partial charge in [-0.1, -0.05) is 80.4 Å². The molecule has 0 unspecified atom stereocenters. The Morgan fingerprint density at radius 1 is 0.960 bits per heavy atom. The number of amides is 1. The maximum Gasteiger partial charge on any atom is 0.234 e. The summed E-state index contributed by atoms with van der Waals surface area (Å²) in [4.78, 5) is 12.6. The summed E-state index contributed by atoms with van der Waals surface area (Å²) in [6.45, 7) is 2.66. The summed E-state index contributed by atoms with van der Waals surface area (Å²) in [5.41, 5.74) is 2.21. The van der Waals surface area contributed by atoms with E-state index in [-0.39, 0.29) is 11.9 Å². The van der Waals surface area contributed by atoms with Crippen LogP contribution in [0.1, 0.15) is 49.8 Å². The van der Waals surface area contributed by atoms with Crippen LogP contribution in [0.3, 0.4) is 0 Å². The van der Waals surface area contributed by atoms with Gasteiger partial charge in [0.1, 0.15) is 0 Å². The summed E-state index contributed by atoms with van der Waals surface area (Å²) in [7, 11) is 0. The zero-order chi connectivity index (χ0) is 17.5. The SMILES string of the molecule is C[C@H]1CCCC[C@H]1NCC(=O)NC(c1ccccc1)c1ccccc1. The number of hydrogen-bond acceptors (Lipinski definition) is 2. The lowest BCUT2D eigenvalue weighted by atomic mass is 9.86. The van der Waals surface area contributed by atoms with Gasteiger partial charge in [-0.05, 0) is 29.9 Å². The predicted molar refractivity (Wildman–Crippen MR) is 102 cm³/mol. The Kier molecular flexibility index (Phi) is 6.24. The zero-order valence-electron chi connectivity index (χ0n) is 14.9. The highest BCUT2D eigenvalue weighted by molar-refractivity contribution is 5.79. The fourth-order valence-corrected chi connectivity index (χ4v) is 3.71. The van der Waals surface area contributed by atoms with Crippen LogP contribution in [0.4, 0.5) is 0 Å². The average Bonchev–Trinajstić information content (AvgIpc) is 2.67. The molecule has 3 heteroatoms. The van der Waals surface area contributed by atoms with E-state index in [0.717, 1.165) is 11.1 Å². The van der Waals surface area contributed by atoms with Gasteiger partial charge in [0.2, 0.25) is 5.91 Å². The molecule has 0 spiro atoms. The molecule has 1 aliphatic carbocycles. The molecule has 3 nitrogen and oxygen atoms in total. The van der Waals surface area contributed by atoms with Crippen molar-refractivity contribution in [1.82, 2.24) is 10.6 Å². The summed E-state index contributed by atoms with van der Waals surface area (Å²) < 4.78 is 0. The molecule has 0 aliphatic heterocycles. The quantitative estimate of drug-likeness (QED) is 0.835. The number of benzene rings is 2. The number of rotatable bonds is 6. The molecule has 0 aromatic heterocycles. The summed E-state index contributed by atoms with van der Waals surface area (Å²) >= 11 is 0. The minimum Gasteiger partial charge on any atom is -0.344 e. The minimum absolute atomic E-state index is 0.0514. The van der Waals surface area contributed by atoms with Crippen molar-refractivity contribution in [1.29, 1.82) is 0 Å². The van der Waals surface area contributed by atoms with E-state index in [1.54, 1.807) is 0 Å². The van der Waals surface area contributed by atoms with Crippen molar-refractivity contribution in [2.24, 2.45) is 5.92 Å². The molecule has 2 atom stereocenters. The van der Waals surface area contributed by atoms with Gasteiger partial charge in [0.05, 0.1) is 12.6 Å². The van der Waals surface area contributed by atoms with Crippen molar-refractivity contribution in [3.63, 3.8) is 0 Å². The molecule has 25 heavy (non-hydrogen) atoms. The van der Waals surface area contributed by atoms with E-state index >= 15 is 0 Å². The van der Waals surface area contributed by atoms with Crippen molar-refractivity contribution >= 4 is 5.91 Å². The third kappa shape index (κ3) is 4.93. The van der Waals surface area contributed by atoms with Crippen molar-refractivity contribution in [3.05, 3.63) is 71.8 Å². The lowest BCUT2D eigenvalue weighted by molar-refractivity contribution is -0.121. The highest BCUT2D eigenvalue weighted by Gasteiger charge is 2.22. The number of nitrogens with one attached hydrogen (secondary N) is 2. The molecule has 2 N–H and O–H groups in total. The number of carbonyl (C=O) groups is 1. The molecule has 1 aliphatic rings. The fraction of sp³-hybridized carbons (Fsp3) is 0.409. The number of carbonyl (C=O) groups excluding carboxylic acids is 1. The molecular formula is C22H28N2O. The van der Waals surface area contributed by atoms with Crippen LogP contribution in [0.5, 0.6) is 0 Å². The third-order valence-electron chi connectivity index (χ3n) is 5.21. The first kappa shape index (κ1) is 17.7. The van der Waals surface area contributed by atoms with E-state index in [2.05, 4.69) is 41.8 Å². The van der Waals surface area contributed by atoms with Gasteiger partial charge in [-0.2, -0.15) is 0 Å². The monoisotopic (exact) mass is 336 g/mol. The Morgan fingerprint density at radius 3 is 2.08 bits per heavy atom. The number of hydrogen-bond donors (Lipinski definition) is 2. The van der Waals surface area contributed by atoms with Gasteiger partial charge in [-0.3, -0.25) is 4.79 Å². The van der Waals surface area contributed by atoms with E-state index in [1.807, 2.05) is 36.4 Å². The summed E-state index contributed by atoms with van der Waals surface area (Å²) in [6, 6.07) is 20.7. The van der Waals surface area contributed by atoms with Crippen LogP contribution in [0.25, 0.3) is 0 Å². The van der Waals surface area contributed by atoms with Crippen LogP contribution in [0.15, 0.2) is 60.7 Å². The molecule has 3 rings (SSSR count). The van der Waals surface area contributed by atoms with Gasteiger partial charge in [0, 0.05) is 6.04 Å². The van der Waals surface area contributed by atoms with E-state index in [0.29, 0.717) is 18.5 Å². The lowest BCUT2D eigenvalue weighted by Gasteiger charge is -2.29. The minimum atomic E-state index is -0.111. The normalized spacial score (nSPS) is 20.4. The van der Waals surface area contributed by atoms with Gasteiger partial charge in [-0.15, -0.1) is 0 Å². The first-order valence-electron chi connectivity index (χ1n) is 9.36. The molecule has 0 radical (unpaired) electrons. The molecule has 0 bridgehead atoms. The molecule has 1 saturated carbocycles. The Hall–Kier alpha value is -2.13. The summed E-state index contributed by atoms with van der Waals surface area (Å²) in [6.07, 6.45) is 5.01. The Labute approximate surface area is 150 Å². The Bertz CT molecular complexity index is 617. The van der Waals surface area contributed by atoms with Crippen molar-refractivity contribution < 1.29 is 4.79 Å². The highest BCUT2D eigenvalue weighted by atomic mass is 16.2. The summed E-state index contributed by atoms with van der Waals surface area (Å²) in [5, 5.41) is 6.67. The van der Waals surface area contributed by atoms with Gasteiger partial charge in [0.15, 0.2) is 0 Å². The van der Waals surface area contributed by atoms with Crippen molar-refractivity contribution in [3.8, 4) is 0 Å². The topological polar surface area (TPSA) is 41.1 Å². The second kappa shape index (κ2) is 8.82. The Morgan fingerprint density at radius 2 is 1.52 bits per heavy atom. The van der Waals surface area contributed by atoms with Gasteiger partial charge < -0.3 is 10.6 Å². The van der Waals surface area contributed by atoms with Crippen LogP contribution >= 0.6 is 0 Å². The predicted octanol–water partition coefficient (Wildman–Crippen LogP) is 4.06. The maximum atomic E-state index is 12.6. The molecular weight excluding hydrogens is 308 g/mol. The second-order valence-electron chi connectivity index (χ2n) is 7.07. The van der Waals surface area contributed by atoms with Crippen LogP contribution in [-0.4, -0.2) is 18.5 Å². The maximum absolute atomic E-state index is 12.6. The van der Waals surface area contributed by atoms with Crippen molar-refractivity contribution in [2.75, 3.05) is 6.54 Å². The van der Waals surface area contributed by atoms with Crippen LogP contribution in [-0.2, 0) is 4.79 Å². The third-order valence-corrected chi connectivity index (χ3v) is 5.21. The molecule has 1 fully saturated rings. The van der Waals surface area contributed by atoms with E-state index < -0.39 is 0 Å². The molecule has 0 saturated heterocycles. The lowest BCUT2D eigenvalue weighted by Crippen LogP contribution is -2.44. The first-order chi connectivity index (χ1) is 12.2. The molecule has 2 aromatic rings. The largest absolute Gasteiger partial charge is 0.344 e. The smallest absolute Gasteiger partial charge is 0.234 e. The van der Waals surface area contributed by atoms with Crippen LogP contribution in [0, 0.1) is 5.92 Å². The van der Waals surface area contributed by atoms with Gasteiger partial charge in [0.25, 0.3) is 0 Å².